The molecule has 8 nitrogen and oxygen atoms in total. The van der Waals surface area contributed by atoms with Gasteiger partial charge in [0.25, 0.3) is 5.69 Å². The van der Waals surface area contributed by atoms with Gasteiger partial charge in [-0.1, -0.05) is 0 Å². The molecule has 0 radical (unpaired) electrons. The van der Waals surface area contributed by atoms with Gasteiger partial charge in [-0.25, -0.2) is 13.1 Å². The fraction of sp³-hybridized carbons (Fsp3) is 0.500. The molecule has 0 aliphatic carbocycles. The minimum atomic E-state index is -4.05. The SMILES string of the molecule is CC(NS(=O)(=O)c1cc(N)ccc1[N+](=O)[O-])C1CCCO1. The number of nitrogens with one attached hydrogen (secondary N) is 1. The van der Waals surface area contributed by atoms with Crippen LogP contribution >= 0.6 is 0 Å². The maximum absolute atomic E-state index is 12.4. The van der Waals surface area contributed by atoms with E-state index in [1.54, 1.807) is 6.92 Å². The van der Waals surface area contributed by atoms with E-state index < -0.39 is 31.6 Å². The van der Waals surface area contributed by atoms with E-state index in [2.05, 4.69) is 4.72 Å². The van der Waals surface area contributed by atoms with Crippen LogP contribution in [0.15, 0.2) is 23.1 Å². The van der Waals surface area contributed by atoms with Crippen LogP contribution in [-0.4, -0.2) is 32.1 Å². The summed E-state index contributed by atoms with van der Waals surface area (Å²) in [6.45, 7) is 2.26. The van der Waals surface area contributed by atoms with E-state index in [-0.39, 0.29) is 11.8 Å². The Morgan fingerprint density at radius 3 is 2.81 bits per heavy atom. The Kier molecular flexibility index (Phi) is 4.45. The van der Waals surface area contributed by atoms with Crippen LogP contribution in [0.3, 0.4) is 0 Å². The number of benzene rings is 1. The third kappa shape index (κ3) is 3.49. The zero-order chi connectivity index (χ0) is 15.6. The van der Waals surface area contributed by atoms with Crippen molar-refractivity contribution in [3.05, 3.63) is 28.3 Å². The molecule has 0 saturated carbocycles. The van der Waals surface area contributed by atoms with E-state index in [0.29, 0.717) is 6.61 Å². The average Bonchev–Trinajstić information content (AvgIpc) is 2.91. The molecule has 1 fully saturated rings. The van der Waals surface area contributed by atoms with E-state index in [0.717, 1.165) is 25.0 Å². The summed E-state index contributed by atoms with van der Waals surface area (Å²) in [6, 6.07) is 2.99. The smallest absolute Gasteiger partial charge is 0.289 e. The predicted molar refractivity (Wildman–Crippen MR) is 76.3 cm³/mol. The molecule has 1 aliphatic rings. The summed E-state index contributed by atoms with van der Waals surface area (Å²) in [7, 11) is -4.05. The van der Waals surface area contributed by atoms with Crippen molar-refractivity contribution in [1.82, 2.24) is 4.72 Å². The number of nitrogens with two attached hydrogens (primary N) is 1. The third-order valence-corrected chi connectivity index (χ3v) is 4.92. The number of sulfonamides is 1. The van der Waals surface area contributed by atoms with E-state index in [9.17, 15) is 18.5 Å². The Bertz CT molecular complexity index is 640. The summed E-state index contributed by atoms with van der Waals surface area (Å²) in [5, 5.41) is 11.0. The van der Waals surface area contributed by atoms with Gasteiger partial charge in [0.2, 0.25) is 10.0 Å². The zero-order valence-corrected chi connectivity index (χ0v) is 12.3. The van der Waals surface area contributed by atoms with E-state index in [1.807, 2.05) is 0 Å². The van der Waals surface area contributed by atoms with Gasteiger partial charge in [-0.05, 0) is 31.9 Å². The van der Waals surface area contributed by atoms with Crippen LogP contribution in [0.1, 0.15) is 19.8 Å². The summed E-state index contributed by atoms with van der Waals surface area (Å²) in [6.07, 6.45) is 1.40. The average molecular weight is 315 g/mol. The molecule has 9 heteroatoms. The van der Waals surface area contributed by atoms with Gasteiger partial charge in [0.05, 0.1) is 11.0 Å². The lowest BCUT2D eigenvalue weighted by molar-refractivity contribution is -0.387. The standard InChI is InChI=1S/C12H17N3O5S/c1-8(11-3-2-6-20-11)14-21(18,19)12-7-9(13)4-5-10(12)15(16)17/h4-5,7-8,11,14H,2-3,6,13H2,1H3. The highest BCUT2D eigenvalue weighted by Crippen LogP contribution is 2.26. The maximum atomic E-state index is 12.4. The summed E-state index contributed by atoms with van der Waals surface area (Å²) in [4.78, 5) is 9.79. The van der Waals surface area contributed by atoms with E-state index in [1.165, 1.54) is 6.07 Å². The molecule has 1 aromatic carbocycles. The first-order valence-corrected chi connectivity index (χ1v) is 7.97. The monoisotopic (exact) mass is 315 g/mol. The second-order valence-corrected chi connectivity index (χ2v) is 6.63. The van der Waals surface area contributed by atoms with E-state index >= 15 is 0 Å². The maximum Gasteiger partial charge on any atom is 0.289 e. The molecule has 3 N–H and O–H groups in total. The van der Waals surface area contributed by atoms with Gasteiger partial charge in [0.1, 0.15) is 0 Å². The first-order valence-electron chi connectivity index (χ1n) is 6.49. The summed E-state index contributed by atoms with van der Waals surface area (Å²) in [5.41, 5.74) is 5.18. The Morgan fingerprint density at radius 2 is 2.24 bits per heavy atom. The number of anilines is 1. The predicted octanol–water partition coefficient (Wildman–Crippen LogP) is 1.02. The number of rotatable bonds is 5. The van der Waals surface area contributed by atoms with Gasteiger partial charge >= 0.3 is 0 Å². The van der Waals surface area contributed by atoms with Crippen molar-refractivity contribution in [3.8, 4) is 0 Å². The highest BCUT2D eigenvalue weighted by molar-refractivity contribution is 7.89. The molecule has 1 heterocycles. The Hall–Kier alpha value is -1.71. The summed E-state index contributed by atoms with van der Waals surface area (Å²) < 4.78 is 32.5. The number of nitro benzene ring substituents is 1. The fourth-order valence-corrected chi connectivity index (χ4v) is 3.76. The van der Waals surface area contributed by atoms with Gasteiger partial charge < -0.3 is 10.5 Å². The molecular weight excluding hydrogens is 298 g/mol. The Labute approximate surface area is 122 Å². The van der Waals surface area contributed by atoms with Crippen molar-refractivity contribution in [2.45, 2.75) is 36.8 Å². The van der Waals surface area contributed by atoms with Crippen molar-refractivity contribution >= 4 is 21.4 Å². The number of ether oxygens (including phenoxy) is 1. The van der Waals surface area contributed by atoms with Crippen LogP contribution in [0, 0.1) is 10.1 Å². The van der Waals surface area contributed by atoms with Crippen molar-refractivity contribution in [3.63, 3.8) is 0 Å². The second-order valence-electron chi connectivity index (χ2n) is 4.95. The van der Waals surface area contributed by atoms with Crippen LogP contribution in [-0.2, 0) is 14.8 Å². The topological polar surface area (TPSA) is 125 Å². The van der Waals surface area contributed by atoms with Gasteiger partial charge in [0, 0.05) is 24.4 Å². The molecule has 1 saturated heterocycles. The van der Waals surface area contributed by atoms with Gasteiger partial charge in [-0.2, -0.15) is 0 Å². The fourth-order valence-electron chi connectivity index (χ4n) is 2.28. The first-order chi connectivity index (χ1) is 9.81. The van der Waals surface area contributed by atoms with Gasteiger partial charge in [-0.15, -0.1) is 0 Å². The van der Waals surface area contributed by atoms with Gasteiger partial charge in [-0.3, -0.25) is 10.1 Å². The summed E-state index contributed by atoms with van der Waals surface area (Å²) >= 11 is 0. The molecule has 1 aliphatic heterocycles. The lowest BCUT2D eigenvalue weighted by atomic mass is 10.1. The number of hydrogen-bond donors (Lipinski definition) is 2. The van der Waals surface area contributed by atoms with Gasteiger partial charge in [0.15, 0.2) is 4.90 Å². The molecule has 116 valence electrons. The Balaban J connectivity index is 2.30. The minimum Gasteiger partial charge on any atom is -0.399 e. The molecule has 0 bridgehead atoms. The van der Waals surface area contributed by atoms with Crippen molar-refractivity contribution in [1.29, 1.82) is 0 Å². The second kappa shape index (κ2) is 5.96. The van der Waals surface area contributed by atoms with Crippen LogP contribution < -0.4 is 10.5 Å². The number of nitro groups is 1. The molecule has 1 aromatic rings. The van der Waals surface area contributed by atoms with Crippen LogP contribution in [0.25, 0.3) is 0 Å². The van der Waals surface area contributed by atoms with Crippen LogP contribution in [0.2, 0.25) is 0 Å². The molecule has 21 heavy (non-hydrogen) atoms. The number of nitrogen functional groups attached to an aromatic ring is 1. The van der Waals surface area contributed by atoms with Crippen molar-refractivity contribution in [2.24, 2.45) is 0 Å². The Morgan fingerprint density at radius 1 is 1.52 bits per heavy atom. The highest BCUT2D eigenvalue weighted by atomic mass is 32.2. The largest absolute Gasteiger partial charge is 0.399 e. The molecule has 2 atom stereocenters. The molecule has 2 rings (SSSR count). The van der Waals surface area contributed by atoms with Crippen molar-refractivity contribution < 1.29 is 18.1 Å². The number of hydrogen-bond acceptors (Lipinski definition) is 6. The van der Waals surface area contributed by atoms with Crippen LogP contribution in [0.4, 0.5) is 11.4 Å². The normalized spacial score (nSPS) is 20.3. The molecule has 0 amide bonds. The number of nitrogens with zero attached hydrogens (tertiary/aromatic N) is 1. The van der Waals surface area contributed by atoms with Crippen molar-refractivity contribution in [2.75, 3.05) is 12.3 Å². The van der Waals surface area contributed by atoms with Crippen LogP contribution in [0.5, 0.6) is 0 Å². The summed E-state index contributed by atoms with van der Waals surface area (Å²) in [5.74, 6) is 0. The molecular formula is C12H17N3O5S. The highest BCUT2D eigenvalue weighted by Gasteiger charge is 2.31. The molecule has 0 spiro atoms. The first kappa shape index (κ1) is 15.7. The quantitative estimate of drug-likeness (QED) is 0.475. The van der Waals surface area contributed by atoms with E-state index in [4.69, 9.17) is 10.5 Å². The lowest BCUT2D eigenvalue weighted by Crippen LogP contribution is -2.40. The molecule has 2 unspecified atom stereocenters. The lowest BCUT2D eigenvalue weighted by Gasteiger charge is -2.20. The zero-order valence-electron chi connectivity index (χ0n) is 11.5. The minimum absolute atomic E-state index is 0.144. The molecule has 0 aromatic heterocycles. The third-order valence-electron chi connectivity index (χ3n) is 3.33.